The molecule has 1 N–H and O–H groups in total. The Bertz CT molecular complexity index is 385. The number of aryl methyl sites for hydroxylation is 2. The zero-order valence-electron chi connectivity index (χ0n) is 8.55. The molecule has 0 radical (unpaired) electrons. The first-order chi connectivity index (χ1) is 6.72. The van der Waals surface area contributed by atoms with Crippen molar-refractivity contribution in [3.8, 4) is 0 Å². The minimum atomic E-state index is 0.0801. The molecule has 1 aliphatic rings. The highest BCUT2D eigenvalue weighted by molar-refractivity contribution is 5.98. The molecule has 0 saturated heterocycles. The number of rotatable bonds is 2. The van der Waals surface area contributed by atoms with Crippen molar-refractivity contribution in [2.45, 2.75) is 26.2 Å². The van der Waals surface area contributed by atoms with E-state index in [0.717, 1.165) is 30.8 Å². The number of hydrogen-bond donors (Lipinski definition) is 1. The van der Waals surface area contributed by atoms with Gasteiger partial charge in [0, 0.05) is 12.7 Å². The number of carbonyl (C=O) groups is 1. The molecular weight excluding hydrogens is 176 g/mol. The lowest BCUT2D eigenvalue weighted by Crippen LogP contribution is -2.05. The lowest BCUT2D eigenvalue weighted by Gasteiger charge is -2.08. The molecule has 0 unspecified atom stereocenters. The highest BCUT2D eigenvalue weighted by Gasteiger charge is 2.17. The van der Waals surface area contributed by atoms with Crippen molar-refractivity contribution in [3.05, 3.63) is 22.9 Å². The van der Waals surface area contributed by atoms with Crippen LogP contribution in [0.25, 0.3) is 0 Å². The molecule has 0 spiro atoms. The molecule has 3 heteroatoms. The van der Waals surface area contributed by atoms with E-state index in [9.17, 15) is 4.79 Å². The topological polar surface area (TPSA) is 42.0 Å². The summed E-state index contributed by atoms with van der Waals surface area (Å²) in [5, 5.41) is 2.97. The van der Waals surface area contributed by atoms with Crippen molar-refractivity contribution in [2.24, 2.45) is 0 Å². The summed E-state index contributed by atoms with van der Waals surface area (Å²) in [7, 11) is 1.80. The maximum Gasteiger partial charge on any atom is 0.163 e. The lowest BCUT2D eigenvalue weighted by molar-refractivity contribution is 0.101. The van der Waals surface area contributed by atoms with Gasteiger partial charge in [0.15, 0.2) is 5.78 Å². The summed E-state index contributed by atoms with van der Waals surface area (Å²) in [6, 6.07) is 1.99. The molecule has 0 saturated carbocycles. The number of Topliss-reactive ketones (excluding diaryl/α,β-unsaturated/α-hetero) is 1. The van der Waals surface area contributed by atoms with E-state index in [0.29, 0.717) is 5.56 Å². The summed E-state index contributed by atoms with van der Waals surface area (Å²) in [5.41, 5.74) is 3.11. The van der Waals surface area contributed by atoms with Gasteiger partial charge in [0.25, 0.3) is 0 Å². The number of nitrogens with one attached hydrogen (secondary N) is 1. The predicted molar refractivity (Wildman–Crippen MR) is 55.8 cm³/mol. The maximum atomic E-state index is 11.3. The minimum absolute atomic E-state index is 0.0801. The van der Waals surface area contributed by atoms with Crippen molar-refractivity contribution in [1.29, 1.82) is 0 Å². The molecule has 1 aliphatic carbocycles. The molecule has 1 aromatic heterocycles. The van der Waals surface area contributed by atoms with Crippen LogP contribution < -0.4 is 5.32 Å². The lowest BCUT2D eigenvalue weighted by atomic mass is 10.1. The molecular formula is C11H14N2O. The van der Waals surface area contributed by atoms with Crippen molar-refractivity contribution >= 4 is 11.6 Å². The molecule has 0 fully saturated rings. The second-order valence-electron chi connectivity index (χ2n) is 3.65. The molecule has 0 aliphatic heterocycles. The van der Waals surface area contributed by atoms with E-state index in [1.807, 2.05) is 6.07 Å². The predicted octanol–water partition coefficient (Wildman–Crippen LogP) is 1.81. The molecule has 14 heavy (non-hydrogen) atoms. The standard InChI is InChI=1S/C11H14N2O/c1-7(14)9-6-8-4-3-5-10(8)13-11(9)12-2/h6H,3-5H2,1-2H3,(H,12,13). The van der Waals surface area contributed by atoms with Gasteiger partial charge in [-0.25, -0.2) is 4.98 Å². The third-order valence-electron chi connectivity index (χ3n) is 2.67. The second-order valence-corrected chi connectivity index (χ2v) is 3.65. The van der Waals surface area contributed by atoms with Crippen LogP contribution in [0, 0.1) is 0 Å². The minimum Gasteiger partial charge on any atom is -0.373 e. The number of carbonyl (C=O) groups excluding carboxylic acids is 1. The zero-order valence-corrected chi connectivity index (χ0v) is 8.55. The normalized spacial score (nSPS) is 13.9. The third kappa shape index (κ3) is 1.39. The number of hydrogen-bond acceptors (Lipinski definition) is 3. The summed E-state index contributed by atoms with van der Waals surface area (Å²) in [5.74, 6) is 0.801. The smallest absolute Gasteiger partial charge is 0.163 e. The SMILES string of the molecule is CNc1nc2c(cc1C(C)=O)CCC2. The Morgan fingerprint density at radius 2 is 2.29 bits per heavy atom. The summed E-state index contributed by atoms with van der Waals surface area (Å²) >= 11 is 0. The van der Waals surface area contributed by atoms with E-state index in [4.69, 9.17) is 0 Å². The fraction of sp³-hybridized carbons (Fsp3) is 0.455. The molecule has 0 atom stereocenters. The molecule has 1 aromatic rings. The van der Waals surface area contributed by atoms with Crippen LogP contribution in [0.4, 0.5) is 5.82 Å². The Morgan fingerprint density at radius 3 is 2.93 bits per heavy atom. The van der Waals surface area contributed by atoms with Crippen LogP contribution in [-0.2, 0) is 12.8 Å². The molecule has 0 amide bonds. The third-order valence-corrected chi connectivity index (χ3v) is 2.67. The van der Waals surface area contributed by atoms with Gasteiger partial charge in [-0.2, -0.15) is 0 Å². The Hall–Kier alpha value is -1.38. The molecule has 2 rings (SSSR count). The van der Waals surface area contributed by atoms with Gasteiger partial charge in [-0.1, -0.05) is 0 Å². The van der Waals surface area contributed by atoms with Gasteiger partial charge < -0.3 is 5.32 Å². The summed E-state index contributed by atoms with van der Waals surface area (Å²) in [4.78, 5) is 15.8. The highest BCUT2D eigenvalue weighted by Crippen LogP contribution is 2.25. The average Bonchev–Trinajstić information content (AvgIpc) is 2.62. The van der Waals surface area contributed by atoms with Crippen LogP contribution in [0.1, 0.15) is 35.0 Å². The summed E-state index contributed by atoms with van der Waals surface area (Å²) in [6.07, 6.45) is 3.27. The summed E-state index contributed by atoms with van der Waals surface area (Å²) < 4.78 is 0. The monoisotopic (exact) mass is 190 g/mol. The first-order valence-electron chi connectivity index (χ1n) is 4.94. The average molecular weight is 190 g/mol. The first kappa shape index (κ1) is 9.19. The van der Waals surface area contributed by atoms with Crippen molar-refractivity contribution in [2.75, 3.05) is 12.4 Å². The zero-order chi connectivity index (χ0) is 10.1. The van der Waals surface area contributed by atoms with E-state index in [1.54, 1.807) is 14.0 Å². The maximum absolute atomic E-state index is 11.3. The van der Waals surface area contributed by atoms with Gasteiger partial charge in [0.05, 0.1) is 5.56 Å². The van der Waals surface area contributed by atoms with Gasteiger partial charge in [-0.05, 0) is 37.8 Å². The second kappa shape index (κ2) is 3.40. The number of aromatic nitrogens is 1. The highest BCUT2D eigenvalue weighted by atomic mass is 16.1. The number of pyridine rings is 1. The number of fused-ring (bicyclic) bond motifs is 1. The molecule has 0 aromatic carbocycles. The number of ketones is 1. The van der Waals surface area contributed by atoms with Gasteiger partial charge in [-0.15, -0.1) is 0 Å². The fourth-order valence-electron chi connectivity index (χ4n) is 1.93. The van der Waals surface area contributed by atoms with Crippen molar-refractivity contribution < 1.29 is 4.79 Å². The van der Waals surface area contributed by atoms with Gasteiger partial charge >= 0.3 is 0 Å². The quantitative estimate of drug-likeness (QED) is 0.723. The number of nitrogens with zero attached hydrogens (tertiary/aromatic N) is 1. The van der Waals surface area contributed by atoms with E-state index in [2.05, 4.69) is 10.3 Å². The van der Waals surface area contributed by atoms with E-state index >= 15 is 0 Å². The van der Waals surface area contributed by atoms with Gasteiger partial charge in [0.1, 0.15) is 5.82 Å². The molecule has 74 valence electrons. The Labute approximate surface area is 83.5 Å². The Kier molecular flexibility index (Phi) is 2.23. The Balaban J connectivity index is 2.54. The number of anilines is 1. The van der Waals surface area contributed by atoms with Crippen molar-refractivity contribution in [3.63, 3.8) is 0 Å². The molecule has 0 bridgehead atoms. The molecule has 3 nitrogen and oxygen atoms in total. The summed E-state index contributed by atoms with van der Waals surface area (Å²) in [6.45, 7) is 1.58. The fourth-order valence-corrected chi connectivity index (χ4v) is 1.93. The van der Waals surface area contributed by atoms with E-state index < -0.39 is 0 Å². The van der Waals surface area contributed by atoms with Gasteiger partial charge in [0.2, 0.25) is 0 Å². The van der Waals surface area contributed by atoms with Crippen LogP contribution in [0.15, 0.2) is 6.07 Å². The van der Waals surface area contributed by atoms with Crippen LogP contribution >= 0.6 is 0 Å². The largest absolute Gasteiger partial charge is 0.373 e. The van der Waals surface area contributed by atoms with E-state index in [1.165, 1.54) is 5.56 Å². The van der Waals surface area contributed by atoms with Crippen molar-refractivity contribution in [1.82, 2.24) is 4.98 Å². The van der Waals surface area contributed by atoms with Gasteiger partial charge in [-0.3, -0.25) is 4.79 Å². The van der Waals surface area contributed by atoms with Crippen LogP contribution in [0.5, 0.6) is 0 Å². The van der Waals surface area contributed by atoms with E-state index in [-0.39, 0.29) is 5.78 Å². The van der Waals surface area contributed by atoms with Crippen LogP contribution in [-0.4, -0.2) is 17.8 Å². The van der Waals surface area contributed by atoms with Crippen LogP contribution in [0.2, 0.25) is 0 Å². The Morgan fingerprint density at radius 1 is 1.50 bits per heavy atom. The molecule has 1 heterocycles. The first-order valence-corrected chi connectivity index (χ1v) is 4.94. The van der Waals surface area contributed by atoms with Crippen LogP contribution in [0.3, 0.4) is 0 Å².